The molecule has 0 saturated carbocycles. The van der Waals surface area contributed by atoms with E-state index in [0.29, 0.717) is 26.2 Å². The summed E-state index contributed by atoms with van der Waals surface area (Å²) < 4.78 is 42.3. The van der Waals surface area contributed by atoms with E-state index in [-0.39, 0.29) is 30.5 Å². The van der Waals surface area contributed by atoms with Gasteiger partial charge in [0.25, 0.3) is 0 Å². The number of hydrogen-bond donors (Lipinski definition) is 0. The van der Waals surface area contributed by atoms with Gasteiger partial charge in [-0.25, -0.2) is 4.39 Å². The van der Waals surface area contributed by atoms with Crippen molar-refractivity contribution in [1.82, 2.24) is 0 Å². The molecule has 182 valence electrons. The SMILES string of the molecule is C=C[C@@H](OCC(OCC)OCC)[C@@H](Cc1ccc(F)cc1)[C@H](C)OCc1ccc(OC)cc1. The van der Waals surface area contributed by atoms with E-state index in [9.17, 15) is 4.39 Å². The molecule has 0 saturated heterocycles. The zero-order valence-electron chi connectivity index (χ0n) is 20.2. The molecule has 0 amide bonds. The van der Waals surface area contributed by atoms with E-state index in [2.05, 4.69) is 6.58 Å². The second-order valence-corrected chi connectivity index (χ2v) is 7.73. The molecule has 2 aromatic carbocycles. The van der Waals surface area contributed by atoms with Gasteiger partial charge in [0.15, 0.2) is 6.29 Å². The van der Waals surface area contributed by atoms with E-state index in [0.717, 1.165) is 16.9 Å². The molecule has 0 unspecified atom stereocenters. The highest BCUT2D eigenvalue weighted by Crippen LogP contribution is 2.24. The quantitative estimate of drug-likeness (QED) is 0.242. The first-order valence-corrected chi connectivity index (χ1v) is 11.5. The van der Waals surface area contributed by atoms with Crippen LogP contribution in [0.25, 0.3) is 0 Å². The minimum atomic E-state index is -0.440. The zero-order valence-corrected chi connectivity index (χ0v) is 20.2. The van der Waals surface area contributed by atoms with E-state index in [1.54, 1.807) is 25.3 Å². The van der Waals surface area contributed by atoms with Gasteiger partial charge in [0.1, 0.15) is 11.6 Å². The minimum Gasteiger partial charge on any atom is -0.497 e. The van der Waals surface area contributed by atoms with Crippen molar-refractivity contribution >= 4 is 0 Å². The van der Waals surface area contributed by atoms with Crippen molar-refractivity contribution < 1.29 is 28.1 Å². The van der Waals surface area contributed by atoms with Gasteiger partial charge in [-0.05, 0) is 62.6 Å². The molecule has 6 heteroatoms. The fraction of sp³-hybridized carbons (Fsp3) is 0.481. The van der Waals surface area contributed by atoms with Crippen LogP contribution in [0.15, 0.2) is 61.2 Å². The van der Waals surface area contributed by atoms with E-state index in [1.807, 2.05) is 45.0 Å². The first-order chi connectivity index (χ1) is 16.0. The average molecular weight is 461 g/mol. The van der Waals surface area contributed by atoms with Gasteiger partial charge < -0.3 is 23.7 Å². The van der Waals surface area contributed by atoms with Crippen molar-refractivity contribution in [3.8, 4) is 5.75 Å². The normalized spacial score (nSPS) is 14.1. The van der Waals surface area contributed by atoms with Crippen molar-refractivity contribution in [3.63, 3.8) is 0 Å². The Morgan fingerprint density at radius 1 is 0.879 bits per heavy atom. The molecule has 0 fully saturated rings. The van der Waals surface area contributed by atoms with E-state index in [1.165, 1.54) is 12.1 Å². The molecule has 0 aliphatic rings. The average Bonchev–Trinajstić information content (AvgIpc) is 2.83. The van der Waals surface area contributed by atoms with Gasteiger partial charge in [0.2, 0.25) is 0 Å². The van der Waals surface area contributed by atoms with Crippen LogP contribution >= 0.6 is 0 Å². The lowest BCUT2D eigenvalue weighted by molar-refractivity contribution is -0.179. The summed E-state index contributed by atoms with van der Waals surface area (Å²) in [5.74, 6) is 0.501. The summed E-state index contributed by atoms with van der Waals surface area (Å²) >= 11 is 0. The smallest absolute Gasteiger partial charge is 0.180 e. The van der Waals surface area contributed by atoms with Crippen LogP contribution in [0.2, 0.25) is 0 Å². The Labute approximate surface area is 197 Å². The molecule has 0 aromatic heterocycles. The Bertz CT molecular complexity index is 787. The number of hydrogen-bond acceptors (Lipinski definition) is 5. The fourth-order valence-corrected chi connectivity index (χ4v) is 3.59. The molecule has 5 nitrogen and oxygen atoms in total. The van der Waals surface area contributed by atoms with Crippen LogP contribution in [-0.2, 0) is 32.0 Å². The first kappa shape index (κ1) is 27.0. The number of rotatable bonds is 16. The summed E-state index contributed by atoms with van der Waals surface area (Å²) in [5.41, 5.74) is 2.05. The Morgan fingerprint density at radius 3 is 2.03 bits per heavy atom. The Hall–Kier alpha value is -2.25. The monoisotopic (exact) mass is 460 g/mol. The number of methoxy groups -OCH3 is 1. The van der Waals surface area contributed by atoms with Gasteiger partial charge in [0.05, 0.1) is 32.5 Å². The molecule has 2 rings (SSSR count). The van der Waals surface area contributed by atoms with Crippen molar-refractivity contribution in [2.45, 2.75) is 52.3 Å². The molecular formula is C27H37FO5. The number of ether oxygens (including phenoxy) is 5. The van der Waals surface area contributed by atoms with E-state index in [4.69, 9.17) is 23.7 Å². The van der Waals surface area contributed by atoms with Gasteiger partial charge in [-0.1, -0.05) is 30.3 Å². The summed E-state index contributed by atoms with van der Waals surface area (Å²) in [6.07, 6.45) is 1.54. The van der Waals surface area contributed by atoms with Gasteiger partial charge in [-0.2, -0.15) is 0 Å². The maximum absolute atomic E-state index is 13.4. The molecular weight excluding hydrogens is 423 g/mol. The highest BCUT2D eigenvalue weighted by atomic mass is 19.1. The van der Waals surface area contributed by atoms with E-state index >= 15 is 0 Å². The Kier molecular flexibility index (Phi) is 12.1. The lowest BCUT2D eigenvalue weighted by atomic mass is 9.89. The molecule has 3 atom stereocenters. The predicted octanol–water partition coefficient (Wildman–Crippen LogP) is 5.57. The predicted molar refractivity (Wildman–Crippen MR) is 128 cm³/mol. The fourth-order valence-electron chi connectivity index (χ4n) is 3.59. The van der Waals surface area contributed by atoms with Gasteiger partial charge in [-0.3, -0.25) is 0 Å². The largest absolute Gasteiger partial charge is 0.497 e. The van der Waals surface area contributed by atoms with Crippen LogP contribution in [0.1, 0.15) is 31.9 Å². The maximum atomic E-state index is 13.4. The van der Waals surface area contributed by atoms with Crippen LogP contribution in [0, 0.1) is 11.7 Å². The standard InChI is InChI=1S/C27H37FO5/c1-6-26(33-19-27(30-7-2)31-8-3)25(17-21-9-13-23(28)14-10-21)20(4)32-18-22-11-15-24(29-5)16-12-22/h6,9-16,20,25-27H,1,7-8,17-19H2,2-5H3/t20-,25-,26+/m0/s1. The van der Waals surface area contributed by atoms with Gasteiger partial charge in [-0.15, -0.1) is 6.58 Å². The summed E-state index contributed by atoms with van der Waals surface area (Å²) in [6, 6.07) is 14.3. The number of benzene rings is 2. The molecule has 0 radical (unpaired) electrons. The molecule has 0 N–H and O–H groups in total. The Morgan fingerprint density at radius 2 is 1.48 bits per heavy atom. The minimum absolute atomic E-state index is 0.0462. The third kappa shape index (κ3) is 9.26. The second kappa shape index (κ2) is 14.8. The molecule has 0 aliphatic heterocycles. The molecule has 0 aliphatic carbocycles. The third-order valence-electron chi connectivity index (χ3n) is 5.44. The van der Waals surface area contributed by atoms with Crippen LogP contribution in [0.3, 0.4) is 0 Å². The maximum Gasteiger partial charge on any atom is 0.180 e. The van der Waals surface area contributed by atoms with Gasteiger partial charge >= 0.3 is 0 Å². The summed E-state index contributed by atoms with van der Waals surface area (Å²) in [4.78, 5) is 0. The molecule has 2 aromatic rings. The van der Waals surface area contributed by atoms with Crippen molar-refractivity contribution in [2.24, 2.45) is 5.92 Å². The molecule has 0 heterocycles. The Balaban J connectivity index is 2.11. The van der Waals surface area contributed by atoms with Crippen LogP contribution < -0.4 is 4.74 Å². The first-order valence-electron chi connectivity index (χ1n) is 11.5. The third-order valence-corrected chi connectivity index (χ3v) is 5.44. The van der Waals surface area contributed by atoms with Crippen molar-refractivity contribution in [3.05, 3.63) is 78.1 Å². The van der Waals surface area contributed by atoms with Crippen LogP contribution in [0.5, 0.6) is 5.75 Å². The van der Waals surface area contributed by atoms with Gasteiger partial charge in [0, 0.05) is 19.1 Å². The highest BCUT2D eigenvalue weighted by molar-refractivity contribution is 5.26. The molecule has 33 heavy (non-hydrogen) atoms. The van der Waals surface area contributed by atoms with Crippen LogP contribution in [0.4, 0.5) is 4.39 Å². The van der Waals surface area contributed by atoms with Crippen LogP contribution in [-0.4, -0.2) is 45.4 Å². The highest BCUT2D eigenvalue weighted by Gasteiger charge is 2.28. The lowest BCUT2D eigenvalue weighted by Crippen LogP contribution is -2.37. The molecule has 0 spiro atoms. The van der Waals surface area contributed by atoms with Crippen molar-refractivity contribution in [1.29, 1.82) is 0 Å². The van der Waals surface area contributed by atoms with Crippen molar-refractivity contribution in [2.75, 3.05) is 26.9 Å². The topological polar surface area (TPSA) is 46.2 Å². The summed E-state index contributed by atoms with van der Waals surface area (Å²) in [5, 5.41) is 0. The number of halogens is 1. The molecule has 0 bridgehead atoms. The summed E-state index contributed by atoms with van der Waals surface area (Å²) in [7, 11) is 1.64. The second-order valence-electron chi connectivity index (χ2n) is 7.73. The van der Waals surface area contributed by atoms with E-state index < -0.39 is 6.29 Å². The zero-order chi connectivity index (χ0) is 24.1. The summed E-state index contributed by atoms with van der Waals surface area (Å²) in [6.45, 7) is 11.7. The lowest BCUT2D eigenvalue weighted by Gasteiger charge is -2.31.